The lowest BCUT2D eigenvalue weighted by atomic mass is 9.80. The van der Waals surface area contributed by atoms with Crippen molar-refractivity contribution >= 4 is 43.1 Å². The monoisotopic (exact) mass is 695 g/mol. The number of fused-ring (bicyclic) bond motifs is 9. The number of benzene rings is 8. The zero-order chi connectivity index (χ0) is 35.6. The number of thiazole rings is 1. The molecule has 0 saturated carbocycles. The summed E-state index contributed by atoms with van der Waals surface area (Å²) >= 11 is 1.79. The summed E-state index contributed by atoms with van der Waals surface area (Å²) in [6.07, 6.45) is 0. The Bertz CT molecular complexity index is 2980. The van der Waals surface area contributed by atoms with Crippen LogP contribution in [0.5, 0.6) is 0 Å². The molecule has 0 aliphatic heterocycles. The van der Waals surface area contributed by atoms with Crippen molar-refractivity contribution < 1.29 is 0 Å². The van der Waals surface area contributed by atoms with E-state index in [9.17, 15) is 0 Å². The van der Waals surface area contributed by atoms with Crippen molar-refractivity contribution in [2.24, 2.45) is 0 Å². The fraction of sp³-hybridized carbons (Fsp3) is 0.118. The van der Waals surface area contributed by atoms with E-state index in [0.717, 1.165) is 10.5 Å². The highest BCUT2D eigenvalue weighted by Gasteiger charge is 2.38. The summed E-state index contributed by atoms with van der Waals surface area (Å²) in [6.45, 7) is 9.48. The molecule has 11 rings (SSSR count). The molecule has 0 saturated heterocycles. The molecule has 2 aliphatic rings. The van der Waals surface area contributed by atoms with Crippen molar-refractivity contribution in [3.05, 3.63) is 174 Å². The van der Waals surface area contributed by atoms with Crippen molar-refractivity contribution in [2.45, 2.75) is 38.5 Å². The molecule has 2 heteroatoms. The average molecular weight is 696 g/mol. The van der Waals surface area contributed by atoms with Gasteiger partial charge in [0.25, 0.3) is 0 Å². The predicted octanol–water partition coefficient (Wildman–Crippen LogP) is 14.2. The van der Waals surface area contributed by atoms with Gasteiger partial charge in [-0.05, 0) is 113 Å². The van der Waals surface area contributed by atoms with Crippen LogP contribution in [0.15, 0.2) is 152 Å². The van der Waals surface area contributed by atoms with Gasteiger partial charge in [0.1, 0.15) is 5.01 Å². The maximum absolute atomic E-state index is 5.27. The lowest BCUT2D eigenvalue weighted by Gasteiger charge is -2.23. The van der Waals surface area contributed by atoms with E-state index < -0.39 is 0 Å². The van der Waals surface area contributed by atoms with Crippen LogP contribution in [0.1, 0.15) is 49.9 Å². The molecule has 9 aromatic rings. The summed E-state index contributed by atoms with van der Waals surface area (Å²) in [5, 5.41) is 6.05. The first kappa shape index (κ1) is 30.8. The molecule has 252 valence electrons. The molecular weight excluding hydrogens is 659 g/mol. The second-order valence-corrected chi connectivity index (χ2v) is 16.9. The van der Waals surface area contributed by atoms with E-state index in [-0.39, 0.29) is 10.8 Å². The van der Waals surface area contributed by atoms with Crippen molar-refractivity contribution in [2.75, 3.05) is 0 Å². The number of nitrogens with zero attached hydrogens (tertiary/aromatic N) is 1. The van der Waals surface area contributed by atoms with Crippen LogP contribution < -0.4 is 0 Å². The molecule has 0 unspecified atom stereocenters. The molecule has 2 aliphatic carbocycles. The first-order valence-electron chi connectivity index (χ1n) is 18.6. The normalized spacial score (nSPS) is 14.7. The summed E-state index contributed by atoms with van der Waals surface area (Å²) < 4.78 is 1.21. The quantitative estimate of drug-likeness (QED) is 0.168. The number of rotatable bonds is 3. The van der Waals surface area contributed by atoms with Gasteiger partial charge in [0, 0.05) is 16.4 Å². The highest BCUT2D eigenvalue weighted by molar-refractivity contribution is 7.21. The molecule has 1 nitrogen and oxygen atoms in total. The van der Waals surface area contributed by atoms with Gasteiger partial charge in [-0.25, -0.2) is 4.98 Å². The number of hydrogen-bond acceptors (Lipinski definition) is 2. The zero-order valence-corrected chi connectivity index (χ0v) is 31.1. The maximum atomic E-state index is 5.27. The van der Waals surface area contributed by atoms with Gasteiger partial charge in [-0.2, -0.15) is 0 Å². The fourth-order valence-corrected chi connectivity index (χ4v) is 10.7. The van der Waals surface area contributed by atoms with Crippen molar-refractivity contribution in [3.63, 3.8) is 0 Å². The fourth-order valence-electron chi connectivity index (χ4n) is 9.70. The van der Waals surface area contributed by atoms with Crippen LogP contribution >= 0.6 is 11.3 Å². The van der Waals surface area contributed by atoms with Gasteiger partial charge in [0.2, 0.25) is 0 Å². The number of hydrogen-bond donors (Lipinski definition) is 0. The van der Waals surface area contributed by atoms with Gasteiger partial charge in [-0.1, -0.05) is 155 Å². The molecule has 0 spiro atoms. The van der Waals surface area contributed by atoms with E-state index in [1.807, 2.05) is 0 Å². The van der Waals surface area contributed by atoms with Crippen molar-refractivity contribution in [1.29, 1.82) is 0 Å². The molecule has 0 bridgehead atoms. The van der Waals surface area contributed by atoms with E-state index in [2.05, 4.69) is 179 Å². The summed E-state index contributed by atoms with van der Waals surface area (Å²) in [5.41, 5.74) is 18.1. The second kappa shape index (κ2) is 10.9. The molecular formula is C51H37NS. The van der Waals surface area contributed by atoms with Gasteiger partial charge in [-0.15, -0.1) is 11.3 Å². The molecule has 0 fully saturated rings. The van der Waals surface area contributed by atoms with Crippen LogP contribution in [0.2, 0.25) is 0 Å². The van der Waals surface area contributed by atoms with Crippen LogP contribution in [0, 0.1) is 0 Å². The number of para-hydroxylation sites is 1. The average Bonchev–Trinajstić information content (AvgIpc) is 3.80. The zero-order valence-electron chi connectivity index (χ0n) is 30.3. The van der Waals surface area contributed by atoms with Crippen LogP contribution in [-0.2, 0) is 10.8 Å². The highest BCUT2D eigenvalue weighted by atomic mass is 32.1. The van der Waals surface area contributed by atoms with Gasteiger partial charge in [0.15, 0.2) is 0 Å². The maximum Gasteiger partial charge on any atom is 0.125 e. The van der Waals surface area contributed by atoms with Gasteiger partial charge in [-0.3, -0.25) is 0 Å². The lowest BCUT2D eigenvalue weighted by Crippen LogP contribution is -2.14. The van der Waals surface area contributed by atoms with Gasteiger partial charge >= 0.3 is 0 Å². The van der Waals surface area contributed by atoms with Gasteiger partial charge in [0.05, 0.1) is 10.2 Å². The first-order valence-corrected chi connectivity index (χ1v) is 19.5. The smallest absolute Gasteiger partial charge is 0.125 e. The van der Waals surface area contributed by atoms with Crippen LogP contribution in [-0.4, -0.2) is 4.98 Å². The summed E-state index contributed by atoms with van der Waals surface area (Å²) in [5.74, 6) is 0. The first-order chi connectivity index (χ1) is 25.8. The third-order valence-corrected chi connectivity index (χ3v) is 13.4. The molecule has 8 aromatic carbocycles. The Morgan fingerprint density at radius 3 is 1.77 bits per heavy atom. The van der Waals surface area contributed by atoms with E-state index in [0.29, 0.717) is 0 Å². The van der Waals surface area contributed by atoms with Gasteiger partial charge < -0.3 is 0 Å². The standard InChI is InChI=1S/C51H37NS/c1-50(2)41-20-10-8-17-37(41)47-38(18-13-21-42(47)50)46-34-15-5-6-16-35(34)48(49-52-44-22-11-12-23-45(44)53-49)36-27-25-30(28-39(36)46)31-24-26-33-32-14-7-9-19-40(32)51(3,4)43(33)29-31/h5-29H,1-4H3. The molecule has 0 N–H and O–H groups in total. The van der Waals surface area contributed by atoms with Crippen molar-refractivity contribution in [3.8, 4) is 55.1 Å². The minimum atomic E-state index is -0.0889. The third-order valence-electron chi connectivity index (χ3n) is 12.3. The Morgan fingerprint density at radius 1 is 0.396 bits per heavy atom. The second-order valence-electron chi connectivity index (χ2n) is 15.9. The minimum Gasteiger partial charge on any atom is -0.236 e. The minimum absolute atomic E-state index is 0.0645. The summed E-state index contributed by atoms with van der Waals surface area (Å²) in [4.78, 5) is 5.27. The topological polar surface area (TPSA) is 12.9 Å². The molecule has 0 atom stereocenters. The summed E-state index contributed by atoms with van der Waals surface area (Å²) in [7, 11) is 0. The Morgan fingerprint density at radius 2 is 0.962 bits per heavy atom. The predicted molar refractivity (Wildman–Crippen MR) is 226 cm³/mol. The molecule has 0 radical (unpaired) electrons. The Hall–Kier alpha value is -5.83. The Labute approximate surface area is 314 Å². The molecule has 1 aromatic heterocycles. The van der Waals surface area contributed by atoms with Crippen LogP contribution in [0.4, 0.5) is 0 Å². The van der Waals surface area contributed by atoms with Crippen LogP contribution in [0.25, 0.3) is 86.8 Å². The Kier molecular flexibility index (Phi) is 6.30. The largest absolute Gasteiger partial charge is 0.236 e. The Balaban J connectivity index is 1.24. The van der Waals surface area contributed by atoms with Crippen LogP contribution in [0.3, 0.4) is 0 Å². The van der Waals surface area contributed by atoms with E-state index >= 15 is 0 Å². The molecule has 0 amide bonds. The lowest BCUT2D eigenvalue weighted by molar-refractivity contribution is 0.660. The highest BCUT2D eigenvalue weighted by Crippen LogP contribution is 2.55. The van der Waals surface area contributed by atoms with E-state index in [1.165, 1.54) is 98.6 Å². The van der Waals surface area contributed by atoms with E-state index in [1.54, 1.807) is 11.3 Å². The summed E-state index contributed by atoms with van der Waals surface area (Å²) in [6, 6.07) is 56.7. The third kappa shape index (κ3) is 4.22. The molecule has 53 heavy (non-hydrogen) atoms. The molecule has 1 heterocycles. The van der Waals surface area contributed by atoms with Crippen molar-refractivity contribution in [1.82, 2.24) is 4.98 Å². The SMILES string of the molecule is CC1(C)c2ccccc2-c2ccc(-c3ccc4c(-c5nc6ccccc6s5)c5ccccc5c(-c5cccc6c5-c5ccccc5C6(C)C)c4c3)cc21. The van der Waals surface area contributed by atoms with E-state index in [4.69, 9.17) is 4.98 Å². The number of aromatic nitrogens is 1.